The fraction of sp³-hybridized carbons (Fsp3) is 0.391. The van der Waals surface area contributed by atoms with Gasteiger partial charge in [-0.05, 0) is 42.5 Å². The minimum Gasteiger partial charge on any atom is -0.354 e. The number of nitrogens with zero attached hydrogens (tertiary/aromatic N) is 1. The minimum absolute atomic E-state index is 0.0941. The second-order valence-electron chi connectivity index (χ2n) is 6.92. The number of rotatable bonds is 10. The van der Waals surface area contributed by atoms with Gasteiger partial charge >= 0.3 is 0 Å². The third kappa shape index (κ3) is 6.76. The number of aryl methyl sites for hydroxylation is 1. The zero-order valence-electron chi connectivity index (χ0n) is 17.0. The summed E-state index contributed by atoms with van der Waals surface area (Å²) in [6, 6.07) is 14.4. The van der Waals surface area contributed by atoms with Crippen LogP contribution in [0, 0.1) is 0 Å². The standard InChI is InChI=1S/C23H28Cl2N2O2/c1-3-15-26-23(29)21(4-2)27(16-18-10-6-8-12-20(18)25)22(28)14-13-17-9-5-7-11-19(17)24/h5-12,21H,3-4,13-16H2,1-2H3,(H,26,29)/t21-/m0/s1. The molecule has 0 aliphatic carbocycles. The van der Waals surface area contributed by atoms with Crippen LogP contribution < -0.4 is 5.32 Å². The molecular weight excluding hydrogens is 407 g/mol. The van der Waals surface area contributed by atoms with Crippen LogP contribution in [0.2, 0.25) is 10.0 Å². The molecule has 2 aromatic rings. The predicted molar refractivity (Wildman–Crippen MR) is 119 cm³/mol. The lowest BCUT2D eigenvalue weighted by atomic mass is 10.1. The van der Waals surface area contributed by atoms with E-state index in [1.165, 1.54) is 0 Å². The lowest BCUT2D eigenvalue weighted by molar-refractivity contribution is -0.141. The third-order valence-corrected chi connectivity index (χ3v) is 5.54. The molecule has 0 aliphatic rings. The molecule has 2 rings (SSSR count). The van der Waals surface area contributed by atoms with E-state index in [1.54, 1.807) is 11.0 Å². The van der Waals surface area contributed by atoms with Crippen molar-refractivity contribution in [2.45, 2.75) is 52.1 Å². The summed E-state index contributed by atoms with van der Waals surface area (Å²) < 4.78 is 0. The number of hydrogen-bond acceptors (Lipinski definition) is 2. The highest BCUT2D eigenvalue weighted by Crippen LogP contribution is 2.22. The Hall–Kier alpha value is -2.04. The SMILES string of the molecule is CCCNC(=O)[C@H](CC)N(Cc1ccccc1Cl)C(=O)CCc1ccccc1Cl. The normalized spacial score (nSPS) is 11.7. The fourth-order valence-electron chi connectivity index (χ4n) is 3.18. The van der Waals surface area contributed by atoms with Crippen molar-refractivity contribution >= 4 is 35.0 Å². The molecule has 1 N–H and O–H groups in total. The summed E-state index contributed by atoms with van der Waals surface area (Å²) in [7, 11) is 0. The highest BCUT2D eigenvalue weighted by atomic mass is 35.5. The van der Waals surface area contributed by atoms with Crippen molar-refractivity contribution in [2.75, 3.05) is 6.54 Å². The second kappa shape index (κ2) is 11.8. The van der Waals surface area contributed by atoms with Gasteiger partial charge in [0.15, 0.2) is 0 Å². The molecular formula is C23H28Cl2N2O2. The van der Waals surface area contributed by atoms with Crippen molar-refractivity contribution in [3.63, 3.8) is 0 Å². The Labute approximate surface area is 183 Å². The number of benzene rings is 2. The highest BCUT2D eigenvalue weighted by molar-refractivity contribution is 6.31. The number of carbonyl (C=O) groups is 2. The second-order valence-corrected chi connectivity index (χ2v) is 7.73. The minimum atomic E-state index is -0.545. The first kappa shape index (κ1) is 23.2. The van der Waals surface area contributed by atoms with Crippen LogP contribution >= 0.6 is 23.2 Å². The van der Waals surface area contributed by atoms with Crippen molar-refractivity contribution in [1.82, 2.24) is 10.2 Å². The summed E-state index contributed by atoms with van der Waals surface area (Å²) in [5.74, 6) is -0.226. The number of amides is 2. The average Bonchev–Trinajstić information content (AvgIpc) is 2.72. The maximum Gasteiger partial charge on any atom is 0.242 e. The van der Waals surface area contributed by atoms with E-state index in [1.807, 2.05) is 56.3 Å². The summed E-state index contributed by atoms with van der Waals surface area (Å²) >= 11 is 12.6. The highest BCUT2D eigenvalue weighted by Gasteiger charge is 2.28. The molecule has 0 heterocycles. The van der Waals surface area contributed by atoms with E-state index in [0.29, 0.717) is 36.0 Å². The van der Waals surface area contributed by atoms with Crippen LogP contribution in [0.4, 0.5) is 0 Å². The molecule has 2 aromatic carbocycles. The summed E-state index contributed by atoms with van der Waals surface area (Å²) in [6.07, 6.45) is 2.15. The first-order valence-electron chi connectivity index (χ1n) is 10.0. The van der Waals surface area contributed by atoms with Gasteiger partial charge in [0.25, 0.3) is 0 Å². The van der Waals surface area contributed by atoms with Gasteiger partial charge in [-0.15, -0.1) is 0 Å². The number of halogens is 2. The molecule has 0 aliphatic heterocycles. The van der Waals surface area contributed by atoms with E-state index in [4.69, 9.17) is 23.2 Å². The summed E-state index contributed by atoms with van der Waals surface area (Å²) in [5, 5.41) is 4.14. The molecule has 4 nitrogen and oxygen atoms in total. The first-order valence-corrected chi connectivity index (χ1v) is 10.8. The number of hydrogen-bond donors (Lipinski definition) is 1. The topological polar surface area (TPSA) is 49.4 Å². The Bertz CT molecular complexity index is 826. The Balaban J connectivity index is 2.22. The average molecular weight is 435 g/mol. The number of carbonyl (C=O) groups excluding carboxylic acids is 2. The van der Waals surface area contributed by atoms with E-state index >= 15 is 0 Å². The van der Waals surface area contributed by atoms with Gasteiger partial charge in [-0.3, -0.25) is 9.59 Å². The molecule has 0 fully saturated rings. The zero-order valence-corrected chi connectivity index (χ0v) is 18.5. The lowest BCUT2D eigenvalue weighted by Gasteiger charge is -2.31. The monoisotopic (exact) mass is 434 g/mol. The van der Waals surface area contributed by atoms with E-state index in [0.717, 1.165) is 17.5 Å². The van der Waals surface area contributed by atoms with Crippen LogP contribution in [0.15, 0.2) is 48.5 Å². The molecule has 0 unspecified atom stereocenters. The van der Waals surface area contributed by atoms with Crippen molar-refractivity contribution < 1.29 is 9.59 Å². The van der Waals surface area contributed by atoms with Crippen molar-refractivity contribution in [3.8, 4) is 0 Å². The molecule has 2 amide bonds. The smallest absolute Gasteiger partial charge is 0.242 e. The number of nitrogens with one attached hydrogen (secondary N) is 1. The van der Waals surface area contributed by atoms with Crippen LogP contribution in [0.1, 0.15) is 44.2 Å². The van der Waals surface area contributed by atoms with E-state index in [9.17, 15) is 9.59 Å². The molecule has 0 radical (unpaired) electrons. The molecule has 156 valence electrons. The van der Waals surface area contributed by atoms with Crippen molar-refractivity contribution in [3.05, 3.63) is 69.7 Å². The molecule has 6 heteroatoms. The van der Waals surface area contributed by atoms with Crippen molar-refractivity contribution in [2.24, 2.45) is 0 Å². The molecule has 29 heavy (non-hydrogen) atoms. The fourth-order valence-corrected chi connectivity index (χ4v) is 3.61. The first-order chi connectivity index (χ1) is 14.0. The summed E-state index contributed by atoms with van der Waals surface area (Å²) in [5.41, 5.74) is 1.74. The molecule has 0 spiro atoms. The van der Waals surface area contributed by atoms with Gasteiger partial charge in [0, 0.05) is 29.6 Å². The van der Waals surface area contributed by atoms with Crippen LogP contribution in [0.5, 0.6) is 0 Å². The van der Waals surface area contributed by atoms with Gasteiger partial charge in [-0.2, -0.15) is 0 Å². The summed E-state index contributed by atoms with van der Waals surface area (Å²) in [6.45, 7) is 4.79. The molecule has 0 aromatic heterocycles. The summed E-state index contributed by atoms with van der Waals surface area (Å²) in [4.78, 5) is 27.5. The van der Waals surface area contributed by atoms with Gasteiger partial charge in [-0.1, -0.05) is 73.4 Å². The van der Waals surface area contributed by atoms with Gasteiger partial charge in [-0.25, -0.2) is 0 Å². The lowest BCUT2D eigenvalue weighted by Crippen LogP contribution is -2.49. The Morgan fingerprint density at radius 3 is 2.10 bits per heavy atom. The molecule has 1 atom stereocenters. The van der Waals surface area contributed by atoms with E-state index in [-0.39, 0.29) is 18.2 Å². The van der Waals surface area contributed by atoms with Crippen LogP contribution in [0.25, 0.3) is 0 Å². The maximum atomic E-state index is 13.2. The zero-order chi connectivity index (χ0) is 21.2. The van der Waals surface area contributed by atoms with Crippen LogP contribution in [-0.2, 0) is 22.6 Å². The Kier molecular flexibility index (Phi) is 9.49. The maximum absolute atomic E-state index is 13.2. The quantitative estimate of drug-likeness (QED) is 0.554. The third-order valence-electron chi connectivity index (χ3n) is 4.80. The molecule has 0 bridgehead atoms. The largest absolute Gasteiger partial charge is 0.354 e. The van der Waals surface area contributed by atoms with Crippen LogP contribution in [0.3, 0.4) is 0 Å². The van der Waals surface area contributed by atoms with Gasteiger partial charge in [0.1, 0.15) is 6.04 Å². The van der Waals surface area contributed by atoms with E-state index < -0.39 is 6.04 Å². The van der Waals surface area contributed by atoms with Crippen LogP contribution in [-0.4, -0.2) is 29.3 Å². The van der Waals surface area contributed by atoms with Gasteiger partial charge < -0.3 is 10.2 Å². The Morgan fingerprint density at radius 2 is 1.55 bits per heavy atom. The molecule has 0 saturated heterocycles. The van der Waals surface area contributed by atoms with Gasteiger partial charge in [0.2, 0.25) is 11.8 Å². The predicted octanol–water partition coefficient (Wildman–Crippen LogP) is 5.26. The van der Waals surface area contributed by atoms with E-state index in [2.05, 4.69) is 5.32 Å². The van der Waals surface area contributed by atoms with Crippen molar-refractivity contribution in [1.29, 1.82) is 0 Å². The Morgan fingerprint density at radius 1 is 0.966 bits per heavy atom. The van der Waals surface area contributed by atoms with Gasteiger partial charge in [0.05, 0.1) is 0 Å². The molecule has 0 saturated carbocycles.